The number of nitrogens with zero attached hydrogens (tertiary/aromatic N) is 1. The van der Waals surface area contributed by atoms with Gasteiger partial charge in [-0.3, -0.25) is 0 Å². The highest BCUT2D eigenvalue weighted by atomic mass is 32.1. The predicted octanol–water partition coefficient (Wildman–Crippen LogP) is 3.18. The van der Waals surface area contributed by atoms with E-state index in [0.717, 1.165) is 42.2 Å². The molecular weight excluding hydrogens is 290 g/mol. The van der Waals surface area contributed by atoms with E-state index in [1.165, 1.54) is 4.70 Å². The summed E-state index contributed by atoms with van der Waals surface area (Å²) in [5, 5.41) is 8.16. The summed E-state index contributed by atoms with van der Waals surface area (Å²) < 4.78 is 6.18. The Balaban J connectivity index is 1.93. The van der Waals surface area contributed by atoms with Gasteiger partial charge in [0.05, 0.1) is 15.2 Å². The minimum atomic E-state index is 0.640. The van der Waals surface area contributed by atoms with Crippen LogP contribution in [0.1, 0.15) is 18.4 Å². The summed E-state index contributed by atoms with van der Waals surface area (Å²) in [5.41, 5.74) is 2.05. The van der Waals surface area contributed by atoms with Gasteiger partial charge in [-0.05, 0) is 43.3 Å². The lowest BCUT2D eigenvalue weighted by Gasteiger charge is -2.10. The van der Waals surface area contributed by atoms with E-state index in [0.29, 0.717) is 5.11 Å². The third kappa shape index (κ3) is 4.13. The monoisotopic (exact) mass is 309 g/mol. The molecule has 1 aromatic heterocycles. The van der Waals surface area contributed by atoms with Crippen LogP contribution in [0.25, 0.3) is 10.2 Å². The Morgan fingerprint density at radius 2 is 2.30 bits per heavy atom. The van der Waals surface area contributed by atoms with Gasteiger partial charge in [-0.1, -0.05) is 6.92 Å². The van der Waals surface area contributed by atoms with Gasteiger partial charge in [-0.2, -0.15) is 0 Å². The summed E-state index contributed by atoms with van der Waals surface area (Å²) in [7, 11) is 1.70. The summed E-state index contributed by atoms with van der Waals surface area (Å²) >= 11 is 6.99. The van der Waals surface area contributed by atoms with Gasteiger partial charge in [0.2, 0.25) is 0 Å². The maximum atomic E-state index is 5.26. The summed E-state index contributed by atoms with van der Waals surface area (Å²) in [6.45, 7) is 3.67. The molecule has 2 aromatic rings. The van der Waals surface area contributed by atoms with E-state index < -0.39 is 0 Å². The molecule has 0 unspecified atom stereocenters. The minimum Gasteiger partial charge on any atom is -0.385 e. The maximum absolute atomic E-state index is 5.26. The van der Waals surface area contributed by atoms with Crippen LogP contribution in [-0.2, 0) is 11.2 Å². The summed E-state index contributed by atoms with van der Waals surface area (Å²) in [6, 6.07) is 6.13. The fraction of sp³-hybridized carbons (Fsp3) is 0.429. The molecule has 0 aliphatic heterocycles. The third-order valence-corrected chi connectivity index (χ3v) is 4.21. The van der Waals surface area contributed by atoms with Crippen molar-refractivity contribution >= 4 is 44.6 Å². The fourth-order valence-electron chi connectivity index (χ4n) is 1.80. The summed E-state index contributed by atoms with van der Waals surface area (Å²) in [4.78, 5) is 4.55. The van der Waals surface area contributed by atoms with E-state index in [1.807, 2.05) is 12.1 Å². The number of anilines is 1. The van der Waals surface area contributed by atoms with Crippen molar-refractivity contribution in [2.75, 3.05) is 25.6 Å². The molecule has 20 heavy (non-hydrogen) atoms. The second-order valence-electron chi connectivity index (χ2n) is 4.37. The fourth-order valence-corrected chi connectivity index (χ4v) is 2.96. The van der Waals surface area contributed by atoms with E-state index >= 15 is 0 Å². The molecule has 0 radical (unpaired) electrons. The van der Waals surface area contributed by atoms with Crippen LogP contribution in [0.2, 0.25) is 0 Å². The van der Waals surface area contributed by atoms with Crippen molar-refractivity contribution in [3.63, 3.8) is 0 Å². The standard InChI is InChI=1S/C14H19N3OS2/c1-3-13-17-11-6-5-10(9-12(11)20-13)16-14(19)15-7-4-8-18-2/h5-6,9H,3-4,7-8H2,1-2H3,(H2,15,16,19). The van der Waals surface area contributed by atoms with Crippen LogP contribution in [-0.4, -0.2) is 30.4 Å². The van der Waals surface area contributed by atoms with Crippen molar-refractivity contribution in [1.82, 2.24) is 10.3 Å². The number of rotatable bonds is 6. The molecule has 6 heteroatoms. The second kappa shape index (κ2) is 7.52. The van der Waals surface area contributed by atoms with Crippen molar-refractivity contribution in [1.29, 1.82) is 0 Å². The Morgan fingerprint density at radius 1 is 1.45 bits per heavy atom. The molecule has 0 aliphatic carbocycles. The molecule has 0 fully saturated rings. The number of aryl methyl sites for hydroxylation is 1. The number of hydrogen-bond donors (Lipinski definition) is 2. The smallest absolute Gasteiger partial charge is 0.170 e. The van der Waals surface area contributed by atoms with Crippen molar-refractivity contribution in [3.05, 3.63) is 23.2 Å². The molecule has 108 valence electrons. The van der Waals surface area contributed by atoms with Gasteiger partial charge >= 0.3 is 0 Å². The molecule has 0 aliphatic rings. The lowest BCUT2D eigenvalue weighted by atomic mass is 10.3. The Bertz CT molecular complexity index is 583. The molecular formula is C14H19N3OS2. The third-order valence-electron chi connectivity index (χ3n) is 2.80. The van der Waals surface area contributed by atoms with Crippen LogP contribution in [0, 0.1) is 0 Å². The van der Waals surface area contributed by atoms with Gasteiger partial charge in [0.25, 0.3) is 0 Å². The zero-order chi connectivity index (χ0) is 14.4. The number of thiocarbonyl (C=S) groups is 1. The predicted molar refractivity (Wildman–Crippen MR) is 89.7 cm³/mol. The number of methoxy groups -OCH3 is 1. The zero-order valence-electron chi connectivity index (χ0n) is 11.7. The SMILES string of the molecule is CCc1nc2ccc(NC(=S)NCCCOC)cc2s1. The van der Waals surface area contributed by atoms with Gasteiger partial charge in [-0.25, -0.2) is 4.98 Å². The number of hydrogen-bond acceptors (Lipinski definition) is 4. The molecule has 0 atom stereocenters. The molecule has 0 amide bonds. The van der Waals surface area contributed by atoms with E-state index in [9.17, 15) is 0 Å². The number of nitrogens with one attached hydrogen (secondary N) is 2. The maximum Gasteiger partial charge on any atom is 0.170 e. The van der Waals surface area contributed by atoms with Crippen LogP contribution >= 0.6 is 23.6 Å². The topological polar surface area (TPSA) is 46.2 Å². The summed E-state index contributed by atoms with van der Waals surface area (Å²) in [6.07, 6.45) is 1.91. The number of benzene rings is 1. The van der Waals surface area contributed by atoms with E-state index in [2.05, 4.69) is 28.6 Å². The first kappa shape index (κ1) is 15.2. The quantitative estimate of drug-likeness (QED) is 0.634. The molecule has 2 N–H and O–H groups in total. The number of aromatic nitrogens is 1. The molecule has 4 nitrogen and oxygen atoms in total. The zero-order valence-corrected chi connectivity index (χ0v) is 13.4. The Kier molecular flexibility index (Phi) is 5.70. The normalized spacial score (nSPS) is 10.7. The highest BCUT2D eigenvalue weighted by Gasteiger charge is 2.04. The molecule has 0 saturated carbocycles. The van der Waals surface area contributed by atoms with Crippen molar-refractivity contribution in [2.45, 2.75) is 19.8 Å². The van der Waals surface area contributed by atoms with Gasteiger partial charge < -0.3 is 15.4 Å². The molecule has 0 spiro atoms. The molecule has 1 heterocycles. The lowest BCUT2D eigenvalue weighted by molar-refractivity contribution is 0.196. The first-order valence-corrected chi connectivity index (χ1v) is 7.88. The van der Waals surface area contributed by atoms with Gasteiger partial charge in [0.1, 0.15) is 0 Å². The van der Waals surface area contributed by atoms with E-state index in [4.69, 9.17) is 17.0 Å². The Labute approximate surface area is 128 Å². The van der Waals surface area contributed by atoms with Gasteiger partial charge in [0, 0.05) is 25.9 Å². The Morgan fingerprint density at radius 3 is 3.05 bits per heavy atom. The molecule has 0 saturated heterocycles. The number of fused-ring (bicyclic) bond motifs is 1. The van der Waals surface area contributed by atoms with E-state index in [1.54, 1.807) is 18.4 Å². The highest BCUT2D eigenvalue weighted by Crippen LogP contribution is 2.25. The summed E-state index contributed by atoms with van der Waals surface area (Å²) in [5.74, 6) is 0. The molecule has 1 aromatic carbocycles. The van der Waals surface area contributed by atoms with Crippen LogP contribution in [0.15, 0.2) is 18.2 Å². The van der Waals surface area contributed by atoms with Gasteiger partial charge in [-0.15, -0.1) is 11.3 Å². The molecule has 0 bridgehead atoms. The van der Waals surface area contributed by atoms with Crippen LogP contribution in [0.5, 0.6) is 0 Å². The number of thiazole rings is 1. The first-order valence-electron chi connectivity index (χ1n) is 6.66. The first-order chi connectivity index (χ1) is 9.72. The number of ether oxygens (including phenoxy) is 1. The van der Waals surface area contributed by atoms with E-state index in [-0.39, 0.29) is 0 Å². The largest absolute Gasteiger partial charge is 0.385 e. The lowest BCUT2D eigenvalue weighted by Crippen LogP contribution is -2.29. The van der Waals surface area contributed by atoms with Crippen LogP contribution in [0.3, 0.4) is 0 Å². The van der Waals surface area contributed by atoms with Crippen LogP contribution in [0.4, 0.5) is 5.69 Å². The van der Waals surface area contributed by atoms with Crippen molar-refractivity contribution in [3.8, 4) is 0 Å². The molecule has 2 rings (SSSR count). The second-order valence-corrected chi connectivity index (χ2v) is 5.89. The Hall–Kier alpha value is -1.24. The van der Waals surface area contributed by atoms with Crippen molar-refractivity contribution < 1.29 is 4.74 Å². The average molecular weight is 309 g/mol. The van der Waals surface area contributed by atoms with Gasteiger partial charge in [0.15, 0.2) is 5.11 Å². The van der Waals surface area contributed by atoms with Crippen LogP contribution < -0.4 is 10.6 Å². The van der Waals surface area contributed by atoms with Crippen molar-refractivity contribution in [2.24, 2.45) is 0 Å². The highest BCUT2D eigenvalue weighted by molar-refractivity contribution is 7.80. The average Bonchev–Trinajstić information content (AvgIpc) is 2.86. The minimum absolute atomic E-state index is 0.640.